The highest BCUT2D eigenvalue weighted by Gasteiger charge is 2.19. The molecule has 0 spiro atoms. The van der Waals surface area contributed by atoms with E-state index in [0.717, 1.165) is 103 Å². The van der Waals surface area contributed by atoms with Crippen molar-refractivity contribution in [1.82, 2.24) is 0 Å². The first-order valence-corrected chi connectivity index (χ1v) is 33.1. The van der Waals surface area contributed by atoms with Crippen LogP contribution in [-0.4, -0.2) is 37.2 Å². The molecule has 0 amide bonds. The van der Waals surface area contributed by atoms with Crippen LogP contribution in [0.25, 0.3) is 0 Å². The molecule has 0 heterocycles. The van der Waals surface area contributed by atoms with Crippen molar-refractivity contribution in [2.24, 2.45) is 0 Å². The molecule has 0 aliphatic rings. The molecule has 6 heteroatoms. The molecule has 0 saturated heterocycles. The molecule has 0 aliphatic carbocycles. The Bertz CT molecular complexity index is 1470. The van der Waals surface area contributed by atoms with E-state index in [2.05, 4.69) is 106 Å². The van der Waals surface area contributed by atoms with Gasteiger partial charge in [-0.15, -0.1) is 0 Å². The second-order valence-corrected chi connectivity index (χ2v) is 22.0. The Kier molecular flexibility index (Phi) is 62.2. The van der Waals surface area contributed by atoms with Crippen molar-refractivity contribution >= 4 is 17.9 Å². The molecular weight excluding hydrogens is 949 g/mol. The predicted molar refractivity (Wildman–Crippen MR) is 334 cm³/mol. The van der Waals surface area contributed by atoms with Crippen molar-refractivity contribution < 1.29 is 28.6 Å². The van der Waals surface area contributed by atoms with Gasteiger partial charge < -0.3 is 14.2 Å². The molecule has 0 bridgehead atoms. The summed E-state index contributed by atoms with van der Waals surface area (Å²) >= 11 is 0. The Morgan fingerprint density at radius 2 is 0.506 bits per heavy atom. The Balaban J connectivity index is 4.19. The van der Waals surface area contributed by atoms with Crippen molar-refractivity contribution in [3.05, 3.63) is 85.1 Å². The summed E-state index contributed by atoms with van der Waals surface area (Å²) in [4.78, 5) is 38.2. The van der Waals surface area contributed by atoms with Crippen LogP contribution < -0.4 is 0 Å². The maximum atomic E-state index is 12.9. The summed E-state index contributed by atoms with van der Waals surface area (Å²) < 4.78 is 16.9. The minimum Gasteiger partial charge on any atom is -0.462 e. The Hall–Kier alpha value is -3.41. The average molecular weight is 1070 g/mol. The van der Waals surface area contributed by atoms with E-state index in [1.807, 2.05) is 0 Å². The molecule has 0 radical (unpaired) electrons. The lowest BCUT2D eigenvalue weighted by molar-refractivity contribution is -0.167. The molecule has 0 fully saturated rings. The molecule has 6 nitrogen and oxygen atoms in total. The van der Waals surface area contributed by atoms with Gasteiger partial charge in [-0.25, -0.2) is 0 Å². The summed E-state index contributed by atoms with van der Waals surface area (Å²) in [5, 5.41) is 0. The summed E-state index contributed by atoms with van der Waals surface area (Å²) in [7, 11) is 0. The van der Waals surface area contributed by atoms with Gasteiger partial charge in [0.2, 0.25) is 0 Å². The van der Waals surface area contributed by atoms with Crippen LogP contribution in [0.3, 0.4) is 0 Å². The standard InChI is InChI=1S/C71H124O6/c1-4-7-10-13-16-19-21-23-25-27-29-31-33-34-35-36-38-39-41-43-45-47-49-52-55-58-61-64-70(73)76-67-68(66-75-69(72)63-60-57-54-51-18-15-12-9-6-3)77-71(74)65-62-59-56-53-50-48-46-44-42-40-37-32-30-28-26-24-22-20-17-14-11-8-5-2/h7,10,16,19,22-25,28-31,37,40,68H,4-6,8-9,11-15,17-18,20-21,26-27,32-36,38-39,41-67H2,1-3H3/b10-7-,19-16-,24-22-,25-23-,30-28-,31-29-,40-37-. The maximum Gasteiger partial charge on any atom is 0.306 e. The minimum absolute atomic E-state index is 0.0763. The van der Waals surface area contributed by atoms with Crippen LogP contribution in [0.2, 0.25) is 0 Å². The number of hydrogen-bond donors (Lipinski definition) is 0. The van der Waals surface area contributed by atoms with Crippen molar-refractivity contribution in [3.8, 4) is 0 Å². The third kappa shape index (κ3) is 63.3. The lowest BCUT2D eigenvalue weighted by Gasteiger charge is -2.18. The molecule has 444 valence electrons. The fourth-order valence-electron chi connectivity index (χ4n) is 9.44. The highest BCUT2D eigenvalue weighted by atomic mass is 16.6. The number of allylic oxidation sites excluding steroid dienone is 14. The van der Waals surface area contributed by atoms with E-state index in [4.69, 9.17) is 14.2 Å². The highest BCUT2D eigenvalue weighted by Crippen LogP contribution is 2.17. The van der Waals surface area contributed by atoms with Gasteiger partial charge in [0.25, 0.3) is 0 Å². The molecule has 1 unspecified atom stereocenters. The molecule has 0 aromatic heterocycles. The lowest BCUT2D eigenvalue weighted by Crippen LogP contribution is -2.30. The summed E-state index contributed by atoms with van der Waals surface area (Å²) in [5.41, 5.74) is 0. The maximum absolute atomic E-state index is 12.9. The van der Waals surface area contributed by atoms with Crippen molar-refractivity contribution in [3.63, 3.8) is 0 Å². The van der Waals surface area contributed by atoms with Gasteiger partial charge in [-0.05, 0) is 96.3 Å². The first-order valence-electron chi connectivity index (χ1n) is 33.1. The second kappa shape index (κ2) is 65.1. The number of esters is 3. The van der Waals surface area contributed by atoms with Gasteiger partial charge in [0.15, 0.2) is 6.10 Å². The smallest absolute Gasteiger partial charge is 0.306 e. The van der Waals surface area contributed by atoms with Gasteiger partial charge in [-0.2, -0.15) is 0 Å². The van der Waals surface area contributed by atoms with Crippen molar-refractivity contribution in [1.29, 1.82) is 0 Å². The van der Waals surface area contributed by atoms with Crippen molar-refractivity contribution in [2.45, 2.75) is 335 Å². The fourth-order valence-corrected chi connectivity index (χ4v) is 9.44. The van der Waals surface area contributed by atoms with Crippen LogP contribution in [0.1, 0.15) is 329 Å². The summed E-state index contributed by atoms with van der Waals surface area (Å²) in [6.45, 7) is 6.52. The average Bonchev–Trinajstić information content (AvgIpc) is 3.43. The first-order chi connectivity index (χ1) is 38.0. The van der Waals surface area contributed by atoms with Crippen LogP contribution in [0.5, 0.6) is 0 Å². The predicted octanol–water partition coefficient (Wildman–Crippen LogP) is 22.7. The molecule has 0 aromatic carbocycles. The van der Waals surface area contributed by atoms with Crippen molar-refractivity contribution in [2.75, 3.05) is 13.2 Å². The zero-order valence-electron chi connectivity index (χ0n) is 51.0. The van der Waals surface area contributed by atoms with Crippen LogP contribution in [0.4, 0.5) is 0 Å². The largest absolute Gasteiger partial charge is 0.462 e. The van der Waals surface area contributed by atoms with Gasteiger partial charge in [0.05, 0.1) is 0 Å². The minimum atomic E-state index is -0.779. The molecule has 77 heavy (non-hydrogen) atoms. The monoisotopic (exact) mass is 1070 g/mol. The molecule has 1 atom stereocenters. The summed E-state index contributed by atoms with van der Waals surface area (Å²) in [6, 6.07) is 0. The van der Waals surface area contributed by atoms with E-state index < -0.39 is 6.10 Å². The zero-order chi connectivity index (χ0) is 55.7. The van der Waals surface area contributed by atoms with E-state index in [-0.39, 0.29) is 31.1 Å². The summed E-state index contributed by atoms with van der Waals surface area (Å²) in [5.74, 6) is -0.873. The lowest BCUT2D eigenvalue weighted by atomic mass is 10.0. The van der Waals surface area contributed by atoms with E-state index in [9.17, 15) is 14.4 Å². The number of ether oxygens (including phenoxy) is 3. The third-order valence-electron chi connectivity index (χ3n) is 14.4. The number of carbonyl (C=O) groups excluding carboxylic acids is 3. The highest BCUT2D eigenvalue weighted by molar-refractivity contribution is 5.71. The number of rotatable bonds is 60. The van der Waals surface area contributed by atoms with Gasteiger partial charge in [-0.1, -0.05) is 298 Å². The number of unbranched alkanes of at least 4 members (excludes halogenated alkanes) is 35. The Labute approximate surface area is 477 Å². The quantitative estimate of drug-likeness (QED) is 0.0261. The Morgan fingerprint density at radius 3 is 0.792 bits per heavy atom. The molecular formula is C71H124O6. The fraction of sp³-hybridized carbons (Fsp3) is 0.761. The number of hydrogen-bond acceptors (Lipinski definition) is 6. The first kappa shape index (κ1) is 73.6. The topological polar surface area (TPSA) is 78.9 Å². The SMILES string of the molecule is CC/C=C\C/C=C\C/C=C\C/C=C\CCCCCCCCCCCCCCCCC(=O)OCC(COC(=O)CCCCCCCCCCC)OC(=O)CCCCCCCCCC/C=C\C/C=C\C/C=C\CCCCCCC. The zero-order valence-corrected chi connectivity index (χ0v) is 51.0. The van der Waals surface area contributed by atoms with E-state index >= 15 is 0 Å². The molecule has 0 aromatic rings. The van der Waals surface area contributed by atoms with Gasteiger partial charge in [0.1, 0.15) is 13.2 Å². The molecule has 0 rings (SSSR count). The summed E-state index contributed by atoms with van der Waals surface area (Å²) in [6.07, 6.45) is 86.0. The third-order valence-corrected chi connectivity index (χ3v) is 14.4. The molecule has 0 N–H and O–H groups in total. The second-order valence-electron chi connectivity index (χ2n) is 22.0. The van der Waals surface area contributed by atoms with E-state index in [0.29, 0.717) is 19.3 Å². The van der Waals surface area contributed by atoms with Crippen LogP contribution in [-0.2, 0) is 28.6 Å². The van der Waals surface area contributed by atoms with Crippen LogP contribution in [0, 0.1) is 0 Å². The number of carbonyl (C=O) groups is 3. The van der Waals surface area contributed by atoms with Gasteiger partial charge >= 0.3 is 17.9 Å². The van der Waals surface area contributed by atoms with Gasteiger partial charge in [-0.3, -0.25) is 14.4 Å². The normalized spacial score (nSPS) is 12.6. The van der Waals surface area contributed by atoms with E-state index in [1.165, 1.54) is 186 Å². The Morgan fingerprint density at radius 1 is 0.273 bits per heavy atom. The molecule has 0 aliphatic heterocycles. The van der Waals surface area contributed by atoms with Gasteiger partial charge in [0, 0.05) is 19.3 Å². The molecule has 0 saturated carbocycles. The van der Waals surface area contributed by atoms with E-state index in [1.54, 1.807) is 0 Å². The van der Waals surface area contributed by atoms with Crippen LogP contribution in [0.15, 0.2) is 85.1 Å². The van der Waals surface area contributed by atoms with Crippen LogP contribution >= 0.6 is 0 Å².